The number of nitrogens with zero attached hydrogens (tertiary/aromatic N) is 1. The van der Waals surface area contributed by atoms with E-state index in [-0.39, 0.29) is 24.6 Å². The molecule has 126 valence electrons. The van der Waals surface area contributed by atoms with Crippen molar-refractivity contribution in [1.82, 2.24) is 15.6 Å². The molecule has 1 aliphatic heterocycles. The Kier molecular flexibility index (Phi) is 5.80. The molecule has 2 atom stereocenters. The third-order valence-electron chi connectivity index (χ3n) is 4.03. The summed E-state index contributed by atoms with van der Waals surface area (Å²) in [6.07, 6.45) is 4.29. The summed E-state index contributed by atoms with van der Waals surface area (Å²) in [5, 5.41) is 6.89. The molecule has 2 N–H and O–H groups in total. The molecular formula is C18H20ClN3O2. The molecule has 3 rings (SSSR count). The lowest BCUT2D eigenvalue weighted by molar-refractivity contribution is -0.120. The average Bonchev–Trinajstić information content (AvgIpc) is 3.08. The lowest BCUT2D eigenvalue weighted by atomic mass is 10.0. The van der Waals surface area contributed by atoms with Crippen molar-refractivity contribution in [3.63, 3.8) is 0 Å². The molecule has 24 heavy (non-hydrogen) atoms. The van der Waals surface area contributed by atoms with Gasteiger partial charge in [-0.2, -0.15) is 0 Å². The number of halogens is 1. The minimum atomic E-state index is -0.0478. The summed E-state index contributed by atoms with van der Waals surface area (Å²) in [4.78, 5) is 16.0. The highest BCUT2D eigenvalue weighted by Crippen LogP contribution is 2.29. The molecule has 1 amide bonds. The Bertz CT molecular complexity index is 664. The van der Waals surface area contributed by atoms with Crippen LogP contribution in [-0.4, -0.2) is 30.1 Å². The van der Waals surface area contributed by atoms with Crippen molar-refractivity contribution in [3.05, 3.63) is 64.9 Å². The van der Waals surface area contributed by atoms with Crippen LogP contribution in [0, 0.1) is 0 Å². The van der Waals surface area contributed by atoms with Crippen LogP contribution in [0.3, 0.4) is 0 Å². The van der Waals surface area contributed by atoms with Gasteiger partial charge in [-0.15, -0.1) is 0 Å². The fourth-order valence-corrected chi connectivity index (χ4v) is 2.90. The third-order valence-corrected chi connectivity index (χ3v) is 4.28. The first-order valence-corrected chi connectivity index (χ1v) is 8.36. The number of nitrogens with one attached hydrogen (secondary N) is 2. The zero-order valence-corrected chi connectivity index (χ0v) is 14.0. The van der Waals surface area contributed by atoms with Gasteiger partial charge in [0, 0.05) is 36.6 Å². The Balaban J connectivity index is 1.48. The second kappa shape index (κ2) is 8.24. The fourth-order valence-electron chi connectivity index (χ4n) is 2.77. The minimum Gasteiger partial charge on any atom is -0.372 e. The van der Waals surface area contributed by atoms with Gasteiger partial charge in [-0.05, 0) is 35.7 Å². The Labute approximate surface area is 146 Å². The normalized spacial score (nSPS) is 20.0. The number of ether oxygens (including phenoxy) is 1. The fraction of sp³-hybridized carbons (Fsp3) is 0.333. The number of carbonyl (C=O) groups excluding carboxylic acids is 1. The van der Waals surface area contributed by atoms with Crippen LogP contribution in [0.1, 0.15) is 23.7 Å². The van der Waals surface area contributed by atoms with Crippen molar-refractivity contribution >= 4 is 17.5 Å². The molecule has 0 bridgehead atoms. The quantitative estimate of drug-likeness (QED) is 0.844. The first kappa shape index (κ1) is 16.9. The molecule has 1 fully saturated rings. The monoisotopic (exact) mass is 345 g/mol. The molecule has 1 aliphatic rings. The van der Waals surface area contributed by atoms with Crippen LogP contribution in [0.25, 0.3) is 0 Å². The SMILES string of the molecule is O=C(CN[C@@H]1CCO[C@H]1c1ccc(Cl)cc1)NCc1cccnc1. The highest BCUT2D eigenvalue weighted by molar-refractivity contribution is 6.30. The predicted molar refractivity (Wildman–Crippen MR) is 92.6 cm³/mol. The van der Waals surface area contributed by atoms with Gasteiger partial charge in [-0.25, -0.2) is 0 Å². The predicted octanol–water partition coefficient (Wildman–Crippen LogP) is 2.47. The third kappa shape index (κ3) is 4.54. The Morgan fingerprint density at radius 2 is 2.12 bits per heavy atom. The average molecular weight is 346 g/mol. The van der Waals surface area contributed by atoms with Gasteiger partial charge in [0.05, 0.1) is 12.6 Å². The largest absolute Gasteiger partial charge is 0.372 e. The smallest absolute Gasteiger partial charge is 0.234 e. The number of amides is 1. The van der Waals surface area contributed by atoms with Gasteiger partial charge in [0.25, 0.3) is 0 Å². The van der Waals surface area contributed by atoms with E-state index >= 15 is 0 Å². The molecule has 0 saturated carbocycles. The van der Waals surface area contributed by atoms with Gasteiger partial charge in [-0.3, -0.25) is 9.78 Å². The van der Waals surface area contributed by atoms with Crippen LogP contribution >= 0.6 is 11.6 Å². The van der Waals surface area contributed by atoms with Crippen molar-refractivity contribution in [2.75, 3.05) is 13.2 Å². The standard InChI is InChI=1S/C18H20ClN3O2/c19-15-5-3-14(4-6-15)18-16(7-9-24-18)21-12-17(23)22-11-13-2-1-8-20-10-13/h1-6,8,10,16,18,21H,7,9,11-12H2,(H,22,23)/t16-,18+/m1/s1. The maximum Gasteiger partial charge on any atom is 0.234 e. The van der Waals surface area contributed by atoms with E-state index in [2.05, 4.69) is 15.6 Å². The van der Waals surface area contributed by atoms with Crippen molar-refractivity contribution < 1.29 is 9.53 Å². The van der Waals surface area contributed by atoms with Gasteiger partial charge >= 0.3 is 0 Å². The molecule has 5 nitrogen and oxygen atoms in total. The molecule has 0 unspecified atom stereocenters. The van der Waals surface area contributed by atoms with E-state index < -0.39 is 0 Å². The molecular weight excluding hydrogens is 326 g/mol. The highest BCUT2D eigenvalue weighted by atomic mass is 35.5. The topological polar surface area (TPSA) is 63.2 Å². The van der Waals surface area contributed by atoms with Gasteiger partial charge in [0.15, 0.2) is 0 Å². The summed E-state index contributed by atoms with van der Waals surface area (Å²) in [6, 6.07) is 11.6. The molecule has 6 heteroatoms. The van der Waals surface area contributed by atoms with Gasteiger partial charge in [0.2, 0.25) is 5.91 Å². The van der Waals surface area contributed by atoms with Crippen molar-refractivity contribution in [3.8, 4) is 0 Å². The van der Waals surface area contributed by atoms with Gasteiger partial charge in [-0.1, -0.05) is 29.8 Å². The van der Waals surface area contributed by atoms with E-state index in [1.165, 1.54) is 0 Å². The second-order valence-corrected chi connectivity index (χ2v) is 6.19. The second-order valence-electron chi connectivity index (χ2n) is 5.76. The zero-order chi connectivity index (χ0) is 16.8. The van der Waals surface area contributed by atoms with Crippen molar-refractivity contribution in [1.29, 1.82) is 0 Å². The van der Waals surface area contributed by atoms with E-state index in [4.69, 9.17) is 16.3 Å². The lowest BCUT2D eigenvalue weighted by Gasteiger charge is -2.20. The first-order valence-electron chi connectivity index (χ1n) is 7.98. The number of hydrogen-bond acceptors (Lipinski definition) is 4. The molecule has 1 aromatic carbocycles. The van der Waals surface area contributed by atoms with Crippen molar-refractivity contribution in [2.45, 2.75) is 25.1 Å². The maximum absolute atomic E-state index is 12.0. The van der Waals surface area contributed by atoms with Crippen LogP contribution in [0.5, 0.6) is 0 Å². The van der Waals surface area contributed by atoms with Gasteiger partial charge < -0.3 is 15.4 Å². The summed E-state index contributed by atoms with van der Waals surface area (Å²) < 4.78 is 5.81. The van der Waals surface area contributed by atoms with Crippen LogP contribution in [0.15, 0.2) is 48.8 Å². The molecule has 0 radical (unpaired) electrons. The van der Waals surface area contributed by atoms with E-state index in [9.17, 15) is 4.79 Å². The Morgan fingerprint density at radius 3 is 2.88 bits per heavy atom. The van der Waals surface area contributed by atoms with Crippen LogP contribution in [-0.2, 0) is 16.1 Å². The summed E-state index contributed by atoms with van der Waals surface area (Å²) >= 11 is 5.93. The van der Waals surface area contributed by atoms with E-state index in [1.54, 1.807) is 12.4 Å². The number of carbonyl (C=O) groups is 1. The molecule has 1 aromatic heterocycles. The summed E-state index contributed by atoms with van der Waals surface area (Å²) in [6.45, 7) is 1.43. The molecule has 0 spiro atoms. The molecule has 0 aliphatic carbocycles. The van der Waals surface area contributed by atoms with E-state index in [0.29, 0.717) is 18.2 Å². The maximum atomic E-state index is 12.0. The minimum absolute atomic E-state index is 0.0411. The molecule has 2 heterocycles. The Hall–Kier alpha value is -1.95. The number of hydrogen-bond donors (Lipinski definition) is 2. The van der Waals surface area contributed by atoms with Crippen LogP contribution < -0.4 is 10.6 Å². The molecule has 1 saturated heterocycles. The number of rotatable bonds is 6. The number of benzene rings is 1. The summed E-state index contributed by atoms with van der Waals surface area (Å²) in [5.41, 5.74) is 2.05. The van der Waals surface area contributed by atoms with E-state index in [1.807, 2.05) is 36.4 Å². The van der Waals surface area contributed by atoms with Crippen LogP contribution in [0.2, 0.25) is 5.02 Å². The van der Waals surface area contributed by atoms with E-state index in [0.717, 1.165) is 17.5 Å². The number of pyridine rings is 1. The lowest BCUT2D eigenvalue weighted by Crippen LogP contribution is -2.40. The summed E-state index contributed by atoms with van der Waals surface area (Å²) in [7, 11) is 0. The Morgan fingerprint density at radius 1 is 1.29 bits per heavy atom. The number of aromatic nitrogens is 1. The van der Waals surface area contributed by atoms with Crippen molar-refractivity contribution in [2.24, 2.45) is 0 Å². The summed E-state index contributed by atoms with van der Waals surface area (Å²) in [5.74, 6) is -0.0411. The van der Waals surface area contributed by atoms with Crippen LogP contribution in [0.4, 0.5) is 0 Å². The highest BCUT2D eigenvalue weighted by Gasteiger charge is 2.29. The zero-order valence-electron chi connectivity index (χ0n) is 13.2. The molecule has 2 aromatic rings. The first-order chi connectivity index (χ1) is 11.7. The van der Waals surface area contributed by atoms with Gasteiger partial charge in [0.1, 0.15) is 0 Å².